The maximum Gasteiger partial charge on any atom is 1.00 e. The molecule has 0 saturated heterocycles. The van der Waals surface area contributed by atoms with E-state index in [9.17, 15) is 9.90 Å². The second-order valence-electron chi connectivity index (χ2n) is 4.42. The topological polar surface area (TPSA) is 70.8 Å². The van der Waals surface area contributed by atoms with Crippen LogP contribution in [0.25, 0.3) is 11.3 Å². The van der Waals surface area contributed by atoms with E-state index in [1.165, 1.54) is 0 Å². The molecule has 0 bridgehead atoms. The molecule has 0 saturated carbocycles. The largest absolute Gasteiger partial charge is 1.00 e. The van der Waals surface area contributed by atoms with Crippen molar-refractivity contribution in [2.75, 3.05) is 0 Å². The molecule has 5 nitrogen and oxygen atoms in total. The van der Waals surface area contributed by atoms with Crippen LogP contribution >= 0.6 is 0 Å². The average Bonchev–Trinajstić information content (AvgIpc) is 2.88. The summed E-state index contributed by atoms with van der Waals surface area (Å²) in [4.78, 5) is 10.3. The third-order valence-electron chi connectivity index (χ3n) is 2.88. The summed E-state index contributed by atoms with van der Waals surface area (Å²) >= 11 is 0. The number of benzene rings is 1. The molecule has 1 heterocycles. The number of rotatable bonds is 7. The summed E-state index contributed by atoms with van der Waals surface area (Å²) in [6.07, 6.45) is 4.45. The van der Waals surface area contributed by atoms with Crippen LogP contribution in [0.3, 0.4) is 0 Å². The Morgan fingerprint density at radius 2 is 1.90 bits per heavy atom. The Bertz CT molecular complexity index is 528. The number of nitrogens with zero attached hydrogens (tertiary/aromatic N) is 3. The molecule has 1 aromatic heterocycles. The summed E-state index contributed by atoms with van der Waals surface area (Å²) in [6, 6.07) is 9.89. The van der Waals surface area contributed by atoms with E-state index in [1.54, 1.807) is 4.68 Å². The summed E-state index contributed by atoms with van der Waals surface area (Å²) in [5, 5.41) is 18.4. The second-order valence-corrected chi connectivity index (χ2v) is 4.42. The summed E-state index contributed by atoms with van der Waals surface area (Å²) < 4.78 is 1.79. The van der Waals surface area contributed by atoms with Gasteiger partial charge in [-0.3, -0.25) is 4.68 Å². The second kappa shape index (κ2) is 8.89. The number of carbonyl (C=O) groups excluding carboxylic acids is 1. The first-order valence-corrected chi connectivity index (χ1v) is 6.41. The van der Waals surface area contributed by atoms with Crippen LogP contribution < -0.4 is 34.7 Å². The first-order chi connectivity index (χ1) is 9.25. The molecule has 0 aliphatic carbocycles. The number of unbranched alkanes of at least 4 members (excludes halogenated alkanes) is 2. The van der Waals surface area contributed by atoms with Gasteiger partial charge in [-0.15, -0.1) is 5.10 Å². The molecule has 0 radical (unpaired) electrons. The first-order valence-electron chi connectivity index (χ1n) is 6.41. The van der Waals surface area contributed by atoms with Crippen molar-refractivity contribution >= 4 is 5.97 Å². The monoisotopic (exact) mass is 281 g/mol. The molecular formula is C14H16N3NaO2. The molecule has 0 amide bonds. The smallest absolute Gasteiger partial charge is 0.550 e. The average molecular weight is 281 g/mol. The van der Waals surface area contributed by atoms with Crippen LogP contribution in [-0.2, 0) is 11.3 Å². The van der Waals surface area contributed by atoms with Crippen molar-refractivity contribution in [1.82, 2.24) is 15.0 Å². The van der Waals surface area contributed by atoms with Crippen LogP contribution in [0.1, 0.15) is 25.7 Å². The van der Waals surface area contributed by atoms with Crippen molar-refractivity contribution in [2.45, 2.75) is 32.2 Å². The Hall–Kier alpha value is -1.17. The number of aromatic nitrogens is 3. The van der Waals surface area contributed by atoms with Gasteiger partial charge >= 0.3 is 29.6 Å². The van der Waals surface area contributed by atoms with Crippen molar-refractivity contribution in [3.05, 3.63) is 36.5 Å². The maximum atomic E-state index is 10.3. The third kappa shape index (κ3) is 5.45. The van der Waals surface area contributed by atoms with E-state index in [1.807, 2.05) is 36.5 Å². The van der Waals surface area contributed by atoms with Gasteiger partial charge in [0.1, 0.15) is 5.69 Å². The first kappa shape index (κ1) is 16.9. The number of carboxylic acids is 1. The molecule has 0 atom stereocenters. The minimum absolute atomic E-state index is 0. The minimum atomic E-state index is -0.980. The molecule has 0 spiro atoms. The van der Waals surface area contributed by atoms with Crippen LogP contribution in [0.5, 0.6) is 0 Å². The molecule has 0 aliphatic rings. The van der Waals surface area contributed by atoms with Gasteiger partial charge < -0.3 is 9.90 Å². The summed E-state index contributed by atoms with van der Waals surface area (Å²) in [7, 11) is 0. The van der Waals surface area contributed by atoms with E-state index < -0.39 is 5.97 Å². The molecule has 0 N–H and O–H groups in total. The Balaban J connectivity index is 0.00000200. The van der Waals surface area contributed by atoms with Crippen molar-refractivity contribution < 1.29 is 39.5 Å². The van der Waals surface area contributed by atoms with Crippen LogP contribution in [0.15, 0.2) is 36.5 Å². The molecule has 6 heteroatoms. The van der Waals surface area contributed by atoms with E-state index in [2.05, 4.69) is 10.3 Å². The predicted octanol–water partition coefficient (Wildman–Crippen LogP) is -1.74. The van der Waals surface area contributed by atoms with Crippen molar-refractivity contribution in [3.8, 4) is 11.3 Å². The van der Waals surface area contributed by atoms with Gasteiger partial charge in [0.25, 0.3) is 0 Å². The van der Waals surface area contributed by atoms with Crippen LogP contribution in [0.4, 0.5) is 0 Å². The zero-order chi connectivity index (χ0) is 13.5. The van der Waals surface area contributed by atoms with Gasteiger partial charge in [-0.1, -0.05) is 42.0 Å². The van der Waals surface area contributed by atoms with Crippen molar-refractivity contribution in [2.24, 2.45) is 0 Å². The summed E-state index contributed by atoms with van der Waals surface area (Å²) in [5.41, 5.74) is 1.90. The van der Waals surface area contributed by atoms with Gasteiger partial charge in [0, 0.05) is 18.1 Å². The van der Waals surface area contributed by atoms with E-state index in [4.69, 9.17) is 0 Å². The number of aryl methyl sites for hydroxylation is 1. The molecular weight excluding hydrogens is 265 g/mol. The molecule has 0 unspecified atom stereocenters. The Morgan fingerprint density at radius 3 is 2.60 bits per heavy atom. The van der Waals surface area contributed by atoms with Crippen LogP contribution in [-0.4, -0.2) is 21.0 Å². The van der Waals surface area contributed by atoms with Gasteiger partial charge in [-0.2, -0.15) is 0 Å². The van der Waals surface area contributed by atoms with Gasteiger partial charge in [0.15, 0.2) is 0 Å². The van der Waals surface area contributed by atoms with Gasteiger partial charge in [-0.25, -0.2) is 0 Å². The molecule has 1 aromatic carbocycles. The van der Waals surface area contributed by atoms with E-state index in [0.29, 0.717) is 6.42 Å². The fourth-order valence-electron chi connectivity index (χ4n) is 1.87. The normalized spacial score (nSPS) is 10.0. The molecule has 0 fully saturated rings. The summed E-state index contributed by atoms with van der Waals surface area (Å²) in [5.74, 6) is -0.980. The van der Waals surface area contributed by atoms with E-state index in [-0.39, 0.29) is 36.0 Å². The quantitative estimate of drug-likeness (QED) is 0.446. The number of carboxylic acid groups (broad SMARTS) is 1. The number of hydrogen-bond donors (Lipinski definition) is 0. The Morgan fingerprint density at radius 1 is 1.15 bits per heavy atom. The van der Waals surface area contributed by atoms with E-state index in [0.717, 1.165) is 30.6 Å². The maximum absolute atomic E-state index is 10.3. The van der Waals surface area contributed by atoms with Crippen molar-refractivity contribution in [3.63, 3.8) is 0 Å². The number of carbonyl (C=O) groups is 1. The molecule has 20 heavy (non-hydrogen) atoms. The zero-order valence-electron chi connectivity index (χ0n) is 11.7. The van der Waals surface area contributed by atoms with Gasteiger partial charge in [0.2, 0.25) is 0 Å². The van der Waals surface area contributed by atoms with E-state index >= 15 is 0 Å². The van der Waals surface area contributed by atoms with Gasteiger partial charge in [-0.05, 0) is 19.3 Å². The molecule has 100 valence electrons. The fourth-order valence-corrected chi connectivity index (χ4v) is 1.87. The summed E-state index contributed by atoms with van der Waals surface area (Å²) in [6.45, 7) is 0.757. The third-order valence-corrected chi connectivity index (χ3v) is 2.88. The van der Waals surface area contributed by atoms with Crippen LogP contribution in [0, 0.1) is 0 Å². The van der Waals surface area contributed by atoms with Crippen molar-refractivity contribution in [1.29, 1.82) is 0 Å². The number of hydrogen-bond acceptors (Lipinski definition) is 4. The van der Waals surface area contributed by atoms with Gasteiger partial charge in [0.05, 0.1) is 6.20 Å². The van der Waals surface area contributed by atoms with Crippen LogP contribution in [0.2, 0.25) is 0 Å². The SMILES string of the molecule is O=C([O-])CCCCCn1cc(-c2ccccc2)nn1.[Na+]. The zero-order valence-corrected chi connectivity index (χ0v) is 13.7. The predicted molar refractivity (Wildman–Crippen MR) is 68.9 cm³/mol. The molecule has 2 rings (SSSR count). The molecule has 0 aliphatic heterocycles. The number of aliphatic carboxylic acids is 1. The molecule has 2 aromatic rings. The standard InChI is InChI=1S/C14H17N3O2.Na/c18-14(19)9-5-2-6-10-17-11-13(15-16-17)12-7-3-1-4-8-12;/h1,3-4,7-8,11H,2,5-6,9-10H2,(H,18,19);/q;+1/p-1. The Kier molecular flexibility index (Phi) is 7.51. The fraction of sp³-hybridized carbons (Fsp3) is 0.357. The Labute approximate surface area is 140 Å². The minimum Gasteiger partial charge on any atom is -0.550 e.